The molecule has 4 rings (SSSR count). The number of aliphatic hydroxyl groups is 1. The third kappa shape index (κ3) is 10.5. The van der Waals surface area contributed by atoms with E-state index < -0.39 is 31.4 Å². The van der Waals surface area contributed by atoms with Crippen LogP contribution >= 0.6 is 7.60 Å². The molecule has 0 bridgehead atoms. The summed E-state index contributed by atoms with van der Waals surface area (Å²) in [4.78, 5) is 54.0. The SMILES string of the molecule is CCOP(=O)(C[C@H](NC(=O)c1cc(N2CCCCC2CO)nc(-c2ccccc2)n1)C(=O)N1CCN(CCCCC(=O)O)CC1)OCC. The zero-order chi connectivity index (χ0) is 34.5. The zero-order valence-corrected chi connectivity index (χ0v) is 28.9. The minimum Gasteiger partial charge on any atom is -0.481 e. The molecule has 2 atom stereocenters. The fourth-order valence-corrected chi connectivity index (χ4v) is 7.87. The van der Waals surface area contributed by atoms with Crippen LogP contribution in [0, 0.1) is 0 Å². The van der Waals surface area contributed by atoms with Crippen LogP contribution in [-0.2, 0) is 23.2 Å². The van der Waals surface area contributed by atoms with E-state index in [0.717, 1.165) is 32.2 Å². The topological polar surface area (TPSA) is 175 Å². The van der Waals surface area contributed by atoms with Crippen molar-refractivity contribution in [2.75, 3.05) is 70.2 Å². The van der Waals surface area contributed by atoms with Crippen molar-refractivity contribution in [3.63, 3.8) is 0 Å². The number of piperazine rings is 1. The van der Waals surface area contributed by atoms with Crippen LogP contribution in [0.15, 0.2) is 36.4 Å². The van der Waals surface area contributed by atoms with Gasteiger partial charge in [-0.3, -0.25) is 23.8 Å². The highest BCUT2D eigenvalue weighted by Crippen LogP contribution is 2.48. The quantitative estimate of drug-likeness (QED) is 0.164. The van der Waals surface area contributed by atoms with Crippen molar-refractivity contribution in [3.8, 4) is 11.4 Å². The minimum atomic E-state index is -3.76. The van der Waals surface area contributed by atoms with Gasteiger partial charge in [0.2, 0.25) is 5.91 Å². The molecule has 1 unspecified atom stereocenters. The smallest absolute Gasteiger partial charge is 0.333 e. The summed E-state index contributed by atoms with van der Waals surface area (Å²) >= 11 is 0. The predicted octanol–water partition coefficient (Wildman–Crippen LogP) is 3.26. The molecule has 264 valence electrons. The van der Waals surface area contributed by atoms with Crippen LogP contribution in [0.2, 0.25) is 0 Å². The number of carbonyl (C=O) groups excluding carboxylic acids is 2. The van der Waals surface area contributed by atoms with Crippen LogP contribution in [0.5, 0.6) is 0 Å². The summed E-state index contributed by atoms with van der Waals surface area (Å²) in [6.07, 6.45) is 3.79. The Hall–Kier alpha value is -3.42. The lowest BCUT2D eigenvalue weighted by Gasteiger charge is -2.37. The molecule has 3 N–H and O–H groups in total. The molecule has 1 aromatic carbocycles. The van der Waals surface area contributed by atoms with Crippen LogP contribution < -0.4 is 10.2 Å². The first-order valence-electron chi connectivity index (χ1n) is 16.9. The largest absolute Gasteiger partial charge is 0.481 e. The monoisotopic (exact) mass is 688 g/mol. The lowest BCUT2D eigenvalue weighted by molar-refractivity contribution is -0.137. The van der Waals surface area contributed by atoms with E-state index in [-0.39, 0.29) is 44.1 Å². The number of aromatic nitrogens is 2. The normalized spacial score (nSPS) is 18.0. The number of amides is 2. The number of nitrogens with zero attached hydrogens (tertiary/aromatic N) is 5. The van der Waals surface area contributed by atoms with Gasteiger partial charge in [-0.2, -0.15) is 0 Å². The molecule has 48 heavy (non-hydrogen) atoms. The summed E-state index contributed by atoms with van der Waals surface area (Å²) < 4.78 is 24.7. The maximum Gasteiger partial charge on any atom is 0.333 e. The Morgan fingerprint density at radius 3 is 2.35 bits per heavy atom. The van der Waals surface area contributed by atoms with Gasteiger partial charge in [-0.05, 0) is 52.5 Å². The van der Waals surface area contributed by atoms with Gasteiger partial charge in [0.1, 0.15) is 17.6 Å². The maximum atomic E-state index is 14.0. The molecule has 0 saturated carbocycles. The number of rotatable bonds is 17. The van der Waals surface area contributed by atoms with Gasteiger partial charge in [-0.25, -0.2) is 9.97 Å². The summed E-state index contributed by atoms with van der Waals surface area (Å²) in [6.45, 7) is 6.88. The molecule has 2 aromatic rings. The van der Waals surface area contributed by atoms with Crippen molar-refractivity contribution < 1.29 is 38.2 Å². The Balaban J connectivity index is 1.58. The number of anilines is 1. The number of carbonyl (C=O) groups is 3. The summed E-state index contributed by atoms with van der Waals surface area (Å²) in [7, 11) is -3.76. The number of nitrogens with one attached hydrogen (secondary N) is 1. The minimum absolute atomic E-state index is 0.0350. The van der Waals surface area contributed by atoms with Gasteiger partial charge in [-0.1, -0.05) is 30.3 Å². The highest BCUT2D eigenvalue weighted by Gasteiger charge is 2.37. The van der Waals surface area contributed by atoms with E-state index in [1.165, 1.54) is 0 Å². The van der Waals surface area contributed by atoms with Gasteiger partial charge < -0.3 is 34.4 Å². The van der Waals surface area contributed by atoms with Crippen molar-refractivity contribution in [3.05, 3.63) is 42.1 Å². The number of aliphatic carboxylic acids is 1. The summed E-state index contributed by atoms with van der Waals surface area (Å²) in [5, 5.41) is 21.8. The second-order valence-corrected chi connectivity index (χ2v) is 14.1. The zero-order valence-electron chi connectivity index (χ0n) is 28.0. The van der Waals surface area contributed by atoms with Gasteiger partial charge >= 0.3 is 13.6 Å². The van der Waals surface area contributed by atoms with Crippen LogP contribution in [0.25, 0.3) is 11.4 Å². The molecule has 2 saturated heterocycles. The maximum absolute atomic E-state index is 14.0. The summed E-state index contributed by atoms with van der Waals surface area (Å²) in [5.74, 6) is -1.02. The Kier molecular flexibility index (Phi) is 14.3. The van der Waals surface area contributed by atoms with Crippen LogP contribution in [0.4, 0.5) is 5.82 Å². The number of aliphatic hydroxyl groups excluding tert-OH is 1. The lowest BCUT2D eigenvalue weighted by Crippen LogP contribution is -2.56. The van der Waals surface area contributed by atoms with Gasteiger partial charge in [0, 0.05) is 50.8 Å². The van der Waals surface area contributed by atoms with E-state index in [4.69, 9.17) is 19.1 Å². The number of piperidine rings is 1. The second-order valence-electron chi connectivity index (χ2n) is 12.0. The van der Waals surface area contributed by atoms with Crippen LogP contribution in [0.1, 0.15) is 62.9 Å². The third-order valence-corrected chi connectivity index (χ3v) is 10.7. The molecule has 2 amide bonds. The first-order chi connectivity index (χ1) is 23.2. The van der Waals surface area contributed by atoms with E-state index in [2.05, 4.69) is 15.2 Å². The van der Waals surface area contributed by atoms with Gasteiger partial charge in [0.25, 0.3) is 5.91 Å². The molecule has 2 aliphatic heterocycles. The van der Waals surface area contributed by atoms with E-state index >= 15 is 0 Å². The van der Waals surface area contributed by atoms with E-state index in [0.29, 0.717) is 56.4 Å². The Bertz CT molecular complexity index is 1400. The first-order valence-corrected chi connectivity index (χ1v) is 18.6. The molecular formula is C33H49N6O8P. The third-order valence-electron chi connectivity index (χ3n) is 8.57. The lowest BCUT2D eigenvalue weighted by atomic mass is 10.0. The molecule has 15 heteroatoms. The fraction of sp³-hybridized carbons (Fsp3) is 0.606. The van der Waals surface area contributed by atoms with Crippen molar-refractivity contribution in [1.82, 2.24) is 25.1 Å². The number of carboxylic acid groups (broad SMARTS) is 1. The number of carboxylic acids is 1. The van der Waals surface area contributed by atoms with Crippen molar-refractivity contribution in [2.24, 2.45) is 0 Å². The number of benzene rings is 1. The highest BCUT2D eigenvalue weighted by molar-refractivity contribution is 7.54. The van der Waals surface area contributed by atoms with E-state index in [1.54, 1.807) is 24.8 Å². The van der Waals surface area contributed by atoms with Gasteiger partial charge in [-0.15, -0.1) is 0 Å². The van der Waals surface area contributed by atoms with Crippen molar-refractivity contribution in [2.45, 2.75) is 64.5 Å². The summed E-state index contributed by atoms with van der Waals surface area (Å²) in [6, 6.07) is 9.48. The molecule has 1 aromatic heterocycles. The average molecular weight is 689 g/mol. The van der Waals surface area contributed by atoms with Crippen molar-refractivity contribution >= 4 is 31.2 Å². The Labute approximate surface area is 282 Å². The molecule has 2 fully saturated rings. The first kappa shape index (κ1) is 37.4. The summed E-state index contributed by atoms with van der Waals surface area (Å²) in [5.41, 5.74) is 0.740. The molecule has 2 aliphatic rings. The number of hydrogen-bond acceptors (Lipinski definition) is 11. The molecule has 14 nitrogen and oxygen atoms in total. The molecule has 0 spiro atoms. The standard InChI is InChI=1S/C33H49N6O8P/c1-3-46-48(45,47-4-2)24-28(33(44)38-20-18-37(19-21-38)16-10-9-15-30(41)42)35-32(43)27-22-29(39-17-11-8-14-26(39)23-40)36-31(34-27)25-12-6-5-7-13-25/h5-7,12-13,22,26,28,40H,3-4,8-11,14-21,23-24H2,1-2H3,(H,35,43)(H,41,42)/t26?,28-/m0/s1. The Morgan fingerprint density at radius 2 is 1.71 bits per heavy atom. The van der Waals surface area contributed by atoms with Gasteiger partial charge in [0.05, 0.1) is 32.0 Å². The number of hydrogen-bond donors (Lipinski definition) is 3. The Morgan fingerprint density at radius 1 is 1.00 bits per heavy atom. The van der Waals surface area contributed by atoms with E-state index in [1.807, 2.05) is 35.2 Å². The van der Waals surface area contributed by atoms with Crippen molar-refractivity contribution in [1.29, 1.82) is 0 Å². The molecule has 0 radical (unpaired) electrons. The molecule has 0 aliphatic carbocycles. The van der Waals surface area contributed by atoms with Crippen LogP contribution in [0.3, 0.4) is 0 Å². The predicted molar refractivity (Wildman–Crippen MR) is 181 cm³/mol. The van der Waals surface area contributed by atoms with E-state index in [9.17, 15) is 24.1 Å². The highest BCUT2D eigenvalue weighted by atomic mass is 31.2. The van der Waals surface area contributed by atoms with Gasteiger partial charge in [0.15, 0.2) is 5.82 Å². The van der Waals surface area contributed by atoms with Crippen LogP contribution in [-0.4, -0.2) is 125 Å². The number of unbranched alkanes of at least 4 members (excludes halogenated alkanes) is 1. The molecular weight excluding hydrogens is 639 g/mol. The second kappa shape index (κ2) is 18.4. The fourth-order valence-electron chi connectivity index (χ4n) is 6.11. The average Bonchev–Trinajstić information content (AvgIpc) is 3.10. The molecule has 3 heterocycles.